The predicted octanol–water partition coefficient (Wildman–Crippen LogP) is 0.935. The minimum Gasteiger partial charge on any atom is -0.350 e. The number of carbonyl (C=O) groups excluding carboxylic acids is 2. The Morgan fingerprint density at radius 1 is 1.00 bits per heavy atom. The molecule has 3 rings (SSSR count). The van der Waals surface area contributed by atoms with Crippen molar-refractivity contribution in [2.45, 2.75) is 37.4 Å². The van der Waals surface area contributed by atoms with Crippen LogP contribution in [0.2, 0.25) is 0 Å². The van der Waals surface area contributed by atoms with E-state index in [2.05, 4.69) is 20.3 Å². The lowest BCUT2D eigenvalue weighted by Crippen LogP contribution is -2.47. The Bertz CT molecular complexity index is 1050. The smallest absolute Gasteiger partial charge is 0.263 e. The van der Waals surface area contributed by atoms with E-state index >= 15 is 0 Å². The van der Waals surface area contributed by atoms with Crippen LogP contribution in [0.4, 0.5) is 0 Å². The summed E-state index contributed by atoms with van der Waals surface area (Å²) >= 11 is 0. The number of hydrogen-bond acceptors (Lipinski definition) is 5. The fourth-order valence-electron chi connectivity index (χ4n) is 2.82. The van der Waals surface area contributed by atoms with E-state index < -0.39 is 28.0 Å². The molecule has 29 heavy (non-hydrogen) atoms. The van der Waals surface area contributed by atoms with Crippen molar-refractivity contribution >= 4 is 27.7 Å². The molecule has 2 atom stereocenters. The van der Waals surface area contributed by atoms with Crippen LogP contribution >= 0.6 is 0 Å². The third kappa shape index (κ3) is 4.80. The first-order valence-electron chi connectivity index (χ1n) is 9.10. The maximum Gasteiger partial charge on any atom is 0.263 e. The van der Waals surface area contributed by atoms with Gasteiger partial charge in [0.1, 0.15) is 17.9 Å². The molecule has 0 spiro atoms. The molecule has 152 valence electrons. The quantitative estimate of drug-likeness (QED) is 0.652. The van der Waals surface area contributed by atoms with E-state index in [1.165, 1.54) is 13.0 Å². The van der Waals surface area contributed by atoms with Crippen molar-refractivity contribution < 1.29 is 18.0 Å². The Morgan fingerprint density at radius 3 is 2.38 bits per heavy atom. The fraction of sp³-hybridized carbons (Fsp3) is 0.250. The van der Waals surface area contributed by atoms with Gasteiger partial charge in [-0.15, -0.1) is 0 Å². The molecule has 1 aliphatic heterocycles. The van der Waals surface area contributed by atoms with Gasteiger partial charge in [-0.1, -0.05) is 42.5 Å². The van der Waals surface area contributed by atoms with Crippen molar-refractivity contribution in [2.24, 2.45) is 4.99 Å². The SMILES string of the molecule is CC(NC(=O)[C@H](C)N=C1NS(=O)(=O)c2ccccc21)C(=O)NCc1ccccc1. The molecule has 0 aliphatic carbocycles. The number of nitrogens with one attached hydrogen (secondary N) is 3. The number of hydrogen-bond donors (Lipinski definition) is 3. The molecule has 8 nitrogen and oxygen atoms in total. The lowest BCUT2D eigenvalue weighted by Gasteiger charge is -2.16. The third-order valence-corrected chi connectivity index (χ3v) is 5.82. The van der Waals surface area contributed by atoms with Crippen LogP contribution in [0.25, 0.3) is 0 Å². The lowest BCUT2D eigenvalue weighted by molar-refractivity contribution is -0.129. The largest absolute Gasteiger partial charge is 0.350 e. The van der Waals surface area contributed by atoms with Gasteiger partial charge in [0, 0.05) is 12.1 Å². The third-order valence-electron chi connectivity index (χ3n) is 4.43. The maximum absolute atomic E-state index is 12.4. The molecular formula is C20H22N4O4S. The molecule has 3 N–H and O–H groups in total. The Labute approximate surface area is 169 Å². The first-order chi connectivity index (χ1) is 13.8. The minimum absolute atomic E-state index is 0.115. The monoisotopic (exact) mass is 414 g/mol. The first kappa shape index (κ1) is 20.5. The molecule has 9 heteroatoms. The fourth-order valence-corrected chi connectivity index (χ4v) is 4.06. The molecule has 2 amide bonds. The summed E-state index contributed by atoms with van der Waals surface area (Å²) in [5.41, 5.74) is 1.37. The van der Waals surface area contributed by atoms with Crippen molar-refractivity contribution in [3.63, 3.8) is 0 Å². The highest BCUT2D eigenvalue weighted by Crippen LogP contribution is 2.22. The Morgan fingerprint density at radius 2 is 1.66 bits per heavy atom. The van der Waals surface area contributed by atoms with Crippen LogP contribution < -0.4 is 15.4 Å². The van der Waals surface area contributed by atoms with Gasteiger partial charge in [0.05, 0.1) is 4.90 Å². The summed E-state index contributed by atoms with van der Waals surface area (Å²) < 4.78 is 26.6. The van der Waals surface area contributed by atoms with E-state index in [9.17, 15) is 18.0 Å². The zero-order valence-electron chi connectivity index (χ0n) is 16.0. The van der Waals surface area contributed by atoms with E-state index in [4.69, 9.17) is 0 Å². The summed E-state index contributed by atoms with van der Waals surface area (Å²) in [6, 6.07) is 14.2. The van der Waals surface area contributed by atoms with Crippen LogP contribution in [-0.4, -0.2) is 38.2 Å². The van der Waals surface area contributed by atoms with Gasteiger partial charge < -0.3 is 10.6 Å². The van der Waals surface area contributed by atoms with Crippen molar-refractivity contribution in [3.05, 3.63) is 65.7 Å². The molecule has 0 aromatic heterocycles. The predicted molar refractivity (Wildman–Crippen MR) is 109 cm³/mol. The highest BCUT2D eigenvalue weighted by molar-refractivity contribution is 7.90. The van der Waals surface area contributed by atoms with Crippen LogP contribution in [0.15, 0.2) is 64.5 Å². The summed E-state index contributed by atoms with van der Waals surface area (Å²) in [5.74, 6) is -0.693. The number of sulfonamides is 1. The normalized spacial score (nSPS) is 17.7. The second-order valence-corrected chi connectivity index (χ2v) is 8.34. The standard InChI is InChI=1S/C20H22N4O4S/c1-13(19(25)21-12-15-8-4-3-5-9-15)23-20(26)14(2)22-18-16-10-6-7-11-17(16)29(27,28)24-18/h3-11,13-14H,12H2,1-2H3,(H,21,25)(H,22,24)(H,23,26)/t13?,14-/m0/s1. The molecule has 0 saturated heterocycles. The van der Waals surface area contributed by atoms with Gasteiger partial charge in [0.2, 0.25) is 11.8 Å². The van der Waals surface area contributed by atoms with E-state index in [-0.39, 0.29) is 16.6 Å². The van der Waals surface area contributed by atoms with E-state index in [0.717, 1.165) is 5.56 Å². The molecule has 2 aromatic rings. The molecule has 0 radical (unpaired) electrons. The van der Waals surface area contributed by atoms with Gasteiger partial charge in [-0.25, -0.2) is 8.42 Å². The van der Waals surface area contributed by atoms with E-state index in [0.29, 0.717) is 12.1 Å². The number of carbonyl (C=O) groups is 2. The number of rotatable bonds is 6. The first-order valence-corrected chi connectivity index (χ1v) is 10.6. The lowest BCUT2D eigenvalue weighted by atomic mass is 10.2. The molecule has 0 saturated carbocycles. The number of amides is 2. The number of benzene rings is 2. The average molecular weight is 414 g/mol. The maximum atomic E-state index is 12.4. The highest BCUT2D eigenvalue weighted by Gasteiger charge is 2.31. The molecule has 1 unspecified atom stereocenters. The molecule has 2 aromatic carbocycles. The van der Waals surface area contributed by atoms with Crippen molar-refractivity contribution in [1.29, 1.82) is 0 Å². The number of nitrogens with zero attached hydrogens (tertiary/aromatic N) is 1. The highest BCUT2D eigenvalue weighted by atomic mass is 32.2. The van der Waals surface area contributed by atoms with Gasteiger partial charge in [-0.05, 0) is 31.5 Å². The second kappa shape index (κ2) is 8.44. The van der Waals surface area contributed by atoms with Gasteiger partial charge in [0.15, 0.2) is 0 Å². The van der Waals surface area contributed by atoms with Gasteiger partial charge in [-0.3, -0.25) is 19.3 Å². The van der Waals surface area contributed by atoms with Crippen LogP contribution in [0.3, 0.4) is 0 Å². The average Bonchev–Trinajstić information content (AvgIpc) is 2.97. The Kier molecular flexibility index (Phi) is 5.97. The van der Waals surface area contributed by atoms with Crippen molar-refractivity contribution in [1.82, 2.24) is 15.4 Å². The second-order valence-electron chi connectivity index (χ2n) is 6.69. The summed E-state index contributed by atoms with van der Waals surface area (Å²) in [6.07, 6.45) is 0. The summed E-state index contributed by atoms with van der Waals surface area (Å²) in [6.45, 7) is 3.47. The topological polar surface area (TPSA) is 117 Å². The van der Waals surface area contributed by atoms with Crippen LogP contribution in [-0.2, 0) is 26.2 Å². The van der Waals surface area contributed by atoms with Gasteiger partial charge in [-0.2, -0.15) is 0 Å². The Balaban J connectivity index is 1.60. The molecule has 1 aliphatic rings. The molecular weight excluding hydrogens is 392 g/mol. The molecule has 0 bridgehead atoms. The Hall–Kier alpha value is -3.20. The van der Waals surface area contributed by atoms with Crippen LogP contribution in [0.5, 0.6) is 0 Å². The molecule has 0 fully saturated rings. The van der Waals surface area contributed by atoms with Gasteiger partial charge >= 0.3 is 0 Å². The summed E-state index contributed by atoms with van der Waals surface area (Å²) in [7, 11) is -3.67. The summed E-state index contributed by atoms with van der Waals surface area (Å²) in [5, 5.41) is 5.36. The van der Waals surface area contributed by atoms with Crippen molar-refractivity contribution in [2.75, 3.05) is 0 Å². The van der Waals surface area contributed by atoms with Gasteiger partial charge in [0.25, 0.3) is 10.0 Å². The van der Waals surface area contributed by atoms with E-state index in [1.807, 2.05) is 30.3 Å². The number of aliphatic imine (C=N–C) groups is 1. The van der Waals surface area contributed by atoms with Crippen LogP contribution in [0, 0.1) is 0 Å². The number of fused-ring (bicyclic) bond motifs is 1. The van der Waals surface area contributed by atoms with Crippen LogP contribution in [0.1, 0.15) is 25.0 Å². The molecule has 1 heterocycles. The van der Waals surface area contributed by atoms with E-state index in [1.54, 1.807) is 25.1 Å². The van der Waals surface area contributed by atoms with Crippen molar-refractivity contribution in [3.8, 4) is 0 Å². The minimum atomic E-state index is -3.67. The zero-order chi connectivity index (χ0) is 21.0. The number of amidine groups is 1. The summed E-state index contributed by atoms with van der Waals surface area (Å²) in [4.78, 5) is 29.0. The zero-order valence-corrected chi connectivity index (χ0v) is 16.9.